The number of hydrogen-bond donors (Lipinski definition) is 1. The minimum Gasteiger partial charge on any atom is -0.378 e. The van der Waals surface area contributed by atoms with E-state index in [9.17, 15) is 22.8 Å². The zero-order chi connectivity index (χ0) is 25.2. The van der Waals surface area contributed by atoms with Crippen molar-refractivity contribution in [2.45, 2.75) is 38.9 Å². The Morgan fingerprint density at radius 1 is 1.14 bits per heavy atom. The van der Waals surface area contributed by atoms with Gasteiger partial charge in [0.2, 0.25) is 11.8 Å². The molecule has 2 saturated heterocycles. The van der Waals surface area contributed by atoms with Crippen molar-refractivity contribution in [2.24, 2.45) is 11.8 Å². The van der Waals surface area contributed by atoms with Crippen molar-refractivity contribution in [3.63, 3.8) is 0 Å². The first-order chi connectivity index (χ1) is 16.6. The molecule has 3 aliphatic heterocycles. The molecular weight excluding hydrogens is 461 g/mol. The molecule has 2 atom stereocenters. The summed E-state index contributed by atoms with van der Waals surface area (Å²) in [5.74, 6) is -0.139. The lowest BCUT2D eigenvalue weighted by atomic mass is 9.82. The van der Waals surface area contributed by atoms with Crippen LogP contribution < -0.4 is 10.2 Å². The summed E-state index contributed by atoms with van der Waals surface area (Å²) in [6.07, 6.45) is -3.35. The van der Waals surface area contributed by atoms with E-state index in [-0.39, 0.29) is 30.8 Å². The van der Waals surface area contributed by atoms with Gasteiger partial charge in [0.25, 0.3) is 0 Å². The summed E-state index contributed by atoms with van der Waals surface area (Å²) in [7, 11) is 0. The Labute approximate surface area is 204 Å². The molecule has 7 nitrogen and oxygen atoms in total. The smallest absolute Gasteiger partial charge is 0.378 e. The van der Waals surface area contributed by atoms with Crippen molar-refractivity contribution in [3.05, 3.63) is 29.3 Å². The number of anilines is 1. The zero-order valence-electron chi connectivity index (χ0n) is 20.4. The molecule has 194 valence electrons. The predicted molar refractivity (Wildman–Crippen MR) is 126 cm³/mol. The summed E-state index contributed by atoms with van der Waals surface area (Å²) in [4.78, 5) is 32.0. The third kappa shape index (κ3) is 6.09. The second kappa shape index (κ2) is 10.7. The number of carbonyl (C=O) groups is 2. The van der Waals surface area contributed by atoms with Crippen LogP contribution in [0.5, 0.6) is 0 Å². The highest BCUT2D eigenvalue weighted by atomic mass is 19.4. The standard InChI is InChI=1S/C25H35F3N4O3/c1-17(2)5-6-29-24(34)20-14-18-13-19(25(26,27)28)3-4-21(18)32-8-7-30(15-22(20)32)16-23(33)31-9-11-35-12-10-31/h3-4,13,17,20,22H,5-12,14-16H2,1-2H3,(H,29,34). The summed E-state index contributed by atoms with van der Waals surface area (Å²) in [5.41, 5.74) is 0.620. The van der Waals surface area contributed by atoms with Crippen LogP contribution in [-0.2, 0) is 26.9 Å². The molecule has 1 aromatic carbocycles. The zero-order valence-corrected chi connectivity index (χ0v) is 20.4. The van der Waals surface area contributed by atoms with Crippen LogP contribution in [0.1, 0.15) is 31.4 Å². The van der Waals surface area contributed by atoms with Gasteiger partial charge in [0, 0.05) is 45.0 Å². The Hall–Kier alpha value is -2.33. The van der Waals surface area contributed by atoms with Gasteiger partial charge in [0.15, 0.2) is 0 Å². The number of nitrogens with zero attached hydrogens (tertiary/aromatic N) is 3. The number of halogens is 3. The molecule has 0 bridgehead atoms. The molecule has 2 fully saturated rings. The fraction of sp³-hybridized carbons (Fsp3) is 0.680. The molecule has 10 heteroatoms. The number of ether oxygens (including phenoxy) is 1. The average Bonchev–Trinajstić information content (AvgIpc) is 2.82. The third-order valence-corrected chi connectivity index (χ3v) is 7.20. The Bertz CT molecular complexity index is 918. The number of amides is 2. The number of nitrogens with one attached hydrogen (secondary N) is 1. The Kier molecular flexibility index (Phi) is 7.90. The lowest BCUT2D eigenvalue weighted by Crippen LogP contribution is -2.62. The van der Waals surface area contributed by atoms with E-state index < -0.39 is 17.7 Å². The van der Waals surface area contributed by atoms with Crippen molar-refractivity contribution in [1.29, 1.82) is 0 Å². The maximum atomic E-state index is 13.4. The second-order valence-corrected chi connectivity index (χ2v) is 10.1. The minimum atomic E-state index is -4.43. The van der Waals surface area contributed by atoms with Crippen molar-refractivity contribution in [3.8, 4) is 0 Å². The SMILES string of the molecule is CC(C)CCNC(=O)C1Cc2cc(C(F)(F)F)ccc2N2CCN(CC(=O)N3CCOCC3)CC12. The van der Waals surface area contributed by atoms with Gasteiger partial charge in [-0.3, -0.25) is 14.5 Å². The van der Waals surface area contributed by atoms with Crippen molar-refractivity contribution >= 4 is 17.5 Å². The monoisotopic (exact) mass is 496 g/mol. The molecule has 0 spiro atoms. The Morgan fingerprint density at radius 3 is 2.57 bits per heavy atom. The normalized spacial score (nSPS) is 23.1. The maximum Gasteiger partial charge on any atom is 0.416 e. The van der Waals surface area contributed by atoms with E-state index in [1.54, 1.807) is 4.90 Å². The summed E-state index contributed by atoms with van der Waals surface area (Å²) in [5, 5.41) is 3.00. The summed E-state index contributed by atoms with van der Waals surface area (Å²) >= 11 is 0. The molecule has 0 aromatic heterocycles. The summed E-state index contributed by atoms with van der Waals surface area (Å²) < 4.78 is 45.4. The van der Waals surface area contributed by atoms with Gasteiger partial charge in [-0.25, -0.2) is 0 Å². The molecule has 0 aliphatic carbocycles. The molecule has 3 heterocycles. The lowest BCUT2D eigenvalue weighted by Gasteiger charge is -2.49. The topological polar surface area (TPSA) is 65.1 Å². The second-order valence-electron chi connectivity index (χ2n) is 10.1. The van der Waals surface area contributed by atoms with E-state index in [0.717, 1.165) is 18.2 Å². The van der Waals surface area contributed by atoms with Gasteiger partial charge in [-0.15, -0.1) is 0 Å². The number of fused-ring (bicyclic) bond motifs is 3. The maximum absolute atomic E-state index is 13.4. The average molecular weight is 497 g/mol. The van der Waals surface area contributed by atoms with Gasteiger partial charge in [0.1, 0.15) is 0 Å². The fourth-order valence-electron chi connectivity index (χ4n) is 5.22. The van der Waals surface area contributed by atoms with Crippen LogP contribution in [0.4, 0.5) is 18.9 Å². The molecule has 1 aromatic rings. The highest BCUT2D eigenvalue weighted by molar-refractivity contribution is 5.82. The first-order valence-electron chi connectivity index (χ1n) is 12.5. The molecule has 3 aliphatic rings. The molecule has 0 saturated carbocycles. The van der Waals surface area contributed by atoms with Gasteiger partial charge >= 0.3 is 6.18 Å². The lowest BCUT2D eigenvalue weighted by molar-refractivity contribution is -0.138. The van der Waals surface area contributed by atoms with Crippen LogP contribution in [0.15, 0.2) is 18.2 Å². The Balaban J connectivity index is 1.53. The van der Waals surface area contributed by atoms with E-state index in [1.165, 1.54) is 12.1 Å². The Morgan fingerprint density at radius 2 is 1.89 bits per heavy atom. The predicted octanol–water partition coefficient (Wildman–Crippen LogP) is 2.39. The van der Waals surface area contributed by atoms with Crippen LogP contribution in [0, 0.1) is 11.8 Å². The van der Waals surface area contributed by atoms with Gasteiger partial charge in [-0.2, -0.15) is 13.2 Å². The van der Waals surface area contributed by atoms with Gasteiger partial charge < -0.3 is 19.9 Å². The molecule has 4 rings (SSSR count). The molecular formula is C25H35F3N4O3. The first kappa shape index (κ1) is 25.8. The van der Waals surface area contributed by atoms with E-state index in [4.69, 9.17) is 4.74 Å². The number of rotatable bonds is 6. The van der Waals surface area contributed by atoms with Gasteiger partial charge in [-0.1, -0.05) is 13.8 Å². The van der Waals surface area contributed by atoms with E-state index >= 15 is 0 Å². The summed E-state index contributed by atoms with van der Waals surface area (Å²) in [6.45, 7) is 8.87. The van der Waals surface area contributed by atoms with Crippen LogP contribution >= 0.6 is 0 Å². The highest BCUT2D eigenvalue weighted by Crippen LogP contribution is 2.39. The third-order valence-electron chi connectivity index (χ3n) is 7.20. The van der Waals surface area contributed by atoms with E-state index in [0.29, 0.717) is 64.0 Å². The first-order valence-corrected chi connectivity index (χ1v) is 12.5. The number of piperazine rings is 1. The van der Waals surface area contributed by atoms with Crippen LogP contribution in [0.3, 0.4) is 0 Å². The number of carbonyl (C=O) groups excluding carboxylic acids is 2. The van der Waals surface area contributed by atoms with Crippen LogP contribution in [0.2, 0.25) is 0 Å². The van der Waals surface area contributed by atoms with Crippen molar-refractivity contribution < 1.29 is 27.5 Å². The van der Waals surface area contributed by atoms with E-state index in [2.05, 4.69) is 29.0 Å². The summed E-state index contributed by atoms with van der Waals surface area (Å²) in [6, 6.07) is 3.64. The number of hydrogen-bond acceptors (Lipinski definition) is 5. The number of alkyl halides is 3. The van der Waals surface area contributed by atoms with Gasteiger partial charge in [0.05, 0.1) is 37.3 Å². The quantitative estimate of drug-likeness (QED) is 0.655. The molecule has 1 N–H and O–H groups in total. The molecule has 0 radical (unpaired) electrons. The largest absolute Gasteiger partial charge is 0.416 e. The molecule has 2 amide bonds. The van der Waals surface area contributed by atoms with Crippen LogP contribution in [0.25, 0.3) is 0 Å². The van der Waals surface area contributed by atoms with Crippen LogP contribution in [-0.4, -0.2) is 86.7 Å². The van der Waals surface area contributed by atoms with Crippen molar-refractivity contribution in [1.82, 2.24) is 15.1 Å². The molecule has 35 heavy (non-hydrogen) atoms. The van der Waals surface area contributed by atoms with Gasteiger partial charge in [-0.05, 0) is 42.5 Å². The van der Waals surface area contributed by atoms with E-state index in [1.807, 2.05) is 0 Å². The minimum absolute atomic E-state index is 0.0470. The number of morpholine rings is 1. The van der Waals surface area contributed by atoms with Crippen molar-refractivity contribution in [2.75, 3.05) is 63.9 Å². The number of benzene rings is 1. The highest BCUT2D eigenvalue weighted by Gasteiger charge is 2.43. The fourth-order valence-corrected chi connectivity index (χ4v) is 5.22. The molecule has 2 unspecified atom stereocenters.